The Kier molecular flexibility index (Phi) is 4.22. The second kappa shape index (κ2) is 6.30. The first-order valence-electron chi connectivity index (χ1n) is 7.68. The normalized spacial score (nSPS) is 24.4. The molecule has 0 unspecified atom stereocenters. The fraction of sp³-hybridized carbons (Fsp3) is 0.471. The lowest BCUT2D eigenvalue weighted by molar-refractivity contribution is 0.0940. The van der Waals surface area contributed by atoms with Crippen LogP contribution in [-0.2, 0) is 0 Å². The van der Waals surface area contributed by atoms with Gasteiger partial charge in [0.05, 0.1) is 14.2 Å². The van der Waals surface area contributed by atoms with E-state index in [4.69, 9.17) is 9.47 Å². The van der Waals surface area contributed by atoms with Crippen molar-refractivity contribution in [2.24, 2.45) is 11.8 Å². The molecule has 0 aliphatic heterocycles. The molecule has 5 nitrogen and oxygen atoms in total. The molecule has 2 N–H and O–H groups in total. The van der Waals surface area contributed by atoms with E-state index in [1.54, 1.807) is 32.4 Å². The quantitative estimate of drug-likeness (QED) is 0.821. The number of methoxy groups -OCH3 is 2. The van der Waals surface area contributed by atoms with E-state index in [0.29, 0.717) is 17.1 Å². The van der Waals surface area contributed by atoms with Crippen LogP contribution in [0.3, 0.4) is 0 Å². The van der Waals surface area contributed by atoms with Crippen molar-refractivity contribution in [2.45, 2.75) is 25.7 Å². The van der Waals surface area contributed by atoms with Gasteiger partial charge >= 0.3 is 0 Å². The number of ether oxygens (including phenoxy) is 2. The number of fused-ring (bicyclic) bond motifs is 2. The second-order valence-electron chi connectivity index (χ2n) is 5.97. The van der Waals surface area contributed by atoms with Crippen molar-refractivity contribution in [1.82, 2.24) is 10.9 Å². The zero-order chi connectivity index (χ0) is 15.5. The van der Waals surface area contributed by atoms with Gasteiger partial charge in [0.25, 0.3) is 5.91 Å². The number of hydrogen-bond donors (Lipinski definition) is 2. The number of rotatable bonds is 5. The molecular weight excluding hydrogens is 280 g/mol. The first-order valence-corrected chi connectivity index (χ1v) is 7.68. The molecule has 0 aromatic heterocycles. The summed E-state index contributed by atoms with van der Waals surface area (Å²) in [5.74, 6) is 2.54. The van der Waals surface area contributed by atoms with E-state index in [0.717, 1.165) is 11.8 Å². The van der Waals surface area contributed by atoms with Crippen molar-refractivity contribution in [3.05, 3.63) is 35.5 Å². The van der Waals surface area contributed by atoms with Gasteiger partial charge in [0, 0.05) is 11.8 Å². The number of hydrogen-bond acceptors (Lipinski definition) is 4. The summed E-state index contributed by atoms with van der Waals surface area (Å²) in [5, 5.41) is 0. The largest absolute Gasteiger partial charge is 0.493 e. The van der Waals surface area contributed by atoms with Crippen LogP contribution in [0.15, 0.2) is 30.0 Å². The van der Waals surface area contributed by atoms with Gasteiger partial charge in [0.2, 0.25) is 0 Å². The summed E-state index contributed by atoms with van der Waals surface area (Å²) >= 11 is 0. The minimum atomic E-state index is -0.194. The van der Waals surface area contributed by atoms with E-state index < -0.39 is 0 Å². The van der Waals surface area contributed by atoms with Crippen LogP contribution >= 0.6 is 0 Å². The molecule has 2 fully saturated rings. The highest BCUT2D eigenvalue weighted by Gasteiger charge is 2.35. The highest BCUT2D eigenvalue weighted by molar-refractivity contribution is 5.94. The average Bonchev–Trinajstić information content (AvgIpc) is 3.17. The number of benzene rings is 1. The molecule has 2 atom stereocenters. The van der Waals surface area contributed by atoms with E-state index in [1.807, 2.05) is 6.20 Å². The molecule has 1 amide bonds. The molecule has 0 spiro atoms. The number of amides is 1. The van der Waals surface area contributed by atoms with Crippen LogP contribution in [0.2, 0.25) is 0 Å². The summed E-state index contributed by atoms with van der Waals surface area (Å²) in [5.41, 5.74) is 7.61. The van der Waals surface area contributed by atoms with Gasteiger partial charge in [0.1, 0.15) is 0 Å². The van der Waals surface area contributed by atoms with E-state index >= 15 is 0 Å². The molecule has 2 saturated carbocycles. The van der Waals surface area contributed by atoms with Crippen molar-refractivity contribution < 1.29 is 14.3 Å². The molecule has 3 rings (SSSR count). The third-order valence-corrected chi connectivity index (χ3v) is 4.68. The van der Waals surface area contributed by atoms with Gasteiger partial charge < -0.3 is 14.9 Å². The number of hydrazine groups is 1. The van der Waals surface area contributed by atoms with Crippen LogP contribution in [-0.4, -0.2) is 20.1 Å². The summed E-state index contributed by atoms with van der Waals surface area (Å²) in [6.45, 7) is 0. The van der Waals surface area contributed by atoms with Crippen molar-refractivity contribution in [3.63, 3.8) is 0 Å². The van der Waals surface area contributed by atoms with Gasteiger partial charge in [0.15, 0.2) is 11.5 Å². The Labute approximate surface area is 130 Å². The molecule has 2 bridgehead atoms. The molecule has 2 aliphatic carbocycles. The summed E-state index contributed by atoms with van der Waals surface area (Å²) < 4.78 is 10.4. The van der Waals surface area contributed by atoms with Gasteiger partial charge in [-0.15, -0.1) is 0 Å². The Hall–Kier alpha value is -2.17. The summed E-state index contributed by atoms with van der Waals surface area (Å²) in [4.78, 5) is 12.1. The first-order chi connectivity index (χ1) is 10.7. The molecule has 5 heteroatoms. The van der Waals surface area contributed by atoms with E-state index in [1.165, 1.54) is 31.3 Å². The van der Waals surface area contributed by atoms with Crippen LogP contribution in [0.5, 0.6) is 11.5 Å². The van der Waals surface area contributed by atoms with E-state index in [-0.39, 0.29) is 5.91 Å². The van der Waals surface area contributed by atoms with E-state index in [2.05, 4.69) is 10.9 Å². The second-order valence-corrected chi connectivity index (χ2v) is 5.97. The van der Waals surface area contributed by atoms with Gasteiger partial charge in [-0.25, -0.2) is 0 Å². The lowest BCUT2D eigenvalue weighted by Gasteiger charge is -2.14. The van der Waals surface area contributed by atoms with E-state index in [9.17, 15) is 4.79 Å². The maximum Gasteiger partial charge on any atom is 0.269 e. The fourth-order valence-corrected chi connectivity index (χ4v) is 3.52. The van der Waals surface area contributed by atoms with Crippen LogP contribution in [0.25, 0.3) is 0 Å². The highest BCUT2D eigenvalue weighted by atomic mass is 16.5. The van der Waals surface area contributed by atoms with Crippen molar-refractivity contribution in [1.29, 1.82) is 0 Å². The maximum atomic E-state index is 12.1. The Morgan fingerprint density at radius 3 is 2.68 bits per heavy atom. The number of allylic oxidation sites excluding steroid dienone is 1. The Morgan fingerprint density at radius 2 is 2.05 bits per heavy atom. The molecule has 1 aromatic carbocycles. The van der Waals surface area contributed by atoms with Gasteiger partial charge in [-0.05, 0) is 61.3 Å². The number of carbonyl (C=O) groups excluding carboxylic acids is 1. The lowest BCUT2D eigenvalue weighted by atomic mass is 9.96. The zero-order valence-corrected chi connectivity index (χ0v) is 13.0. The standard InChI is InChI=1S/C17H22N2O3/c1-21-15-6-5-13(9-16(15)22-2)17(20)19-18-10-14-8-11-3-4-12(14)7-11/h5-6,9-12,18H,3-4,7-8H2,1-2H3,(H,19,20)/b14-10-/t11-,12-/m1/s1. The van der Waals surface area contributed by atoms with Crippen LogP contribution in [0.4, 0.5) is 0 Å². The van der Waals surface area contributed by atoms with Gasteiger partial charge in [-0.1, -0.05) is 0 Å². The molecule has 1 aromatic rings. The topological polar surface area (TPSA) is 59.6 Å². The van der Waals surface area contributed by atoms with Crippen LogP contribution in [0, 0.1) is 11.8 Å². The predicted octanol–water partition coefficient (Wildman–Crippen LogP) is 2.64. The molecule has 2 aliphatic rings. The summed E-state index contributed by atoms with van der Waals surface area (Å²) in [7, 11) is 3.12. The molecule has 22 heavy (non-hydrogen) atoms. The minimum Gasteiger partial charge on any atom is -0.493 e. The zero-order valence-electron chi connectivity index (χ0n) is 13.0. The van der Waals surface area contributed by atoms with Gasteiger partial charge in [-0.3, -0.25) is 10.2 Å². The highest BCUT2D eigenvalue weighted by Crippen LogP contribution is 2.47. The average molecular weight is 302 g/mol. The Balaban J connectivity index is 1.59. The van der Waals surface area contributed by atoms with Crippen molar-refractivity contribution in [2.75, 3.05) is 14.2 Å². The minimum absolute atomic E-state index is 0.194. The van der Waals surface area contributed by atoms with Gasteiger partial charge in [-0.2, -0.15) is 0 Å². The fourth-order valence-electron chi connectivity index (χ4n) is 3.52. The summed E-state index contributed by atoms with van der Waals surface area (Å²) in [6.07, 6.45) is 7.10. The third-order valence-electron chi connectivity index (χ3n) is 4.68. The van der Waals surface area contributed by atoms with Crippen molar-refractivity contribution >= 4 is 5.91 Å². The summed E-state index contributed by atoms with van der Waals surface area (Å²) in [6, 6.07) is 5.10. The monoisotopic (exact) mass is 302 g/mol. The smallest absolute Gasteiger partial charge is 0.269 e. The number of carbonyl (C=O) groups is 1. The molecule has 0 heterocycles. The third kappa shape index (κ3) is 2.89. The van der Waals surface area contributed by atoms with Crippen molar-refractivity contribution in [3.8, 4) is 11.5 Å². The number of nitrogens with one attached hydrogen (secondary N) is 2. The Bertz CT molecular complexity index is 598. The molecule has 118 valence electrons. The molecule has 0 saturated heterocycles. The Morgan fingerprint density at radius 1 is 1.23 bits per heavy atom. The SMILES string of the molecule is COc1ccc(C(=O)NN/C=C2/C[C@@H]3CC[C@@H]2C3)cc1OC. The molecule has 0 radical (unpaired) electrons. The first kappa shape index (κ1) is 14.8. The molecular formula is C17H22N2O3. The van der Waals surface area contributed by atoms with Crippen LogP contribution < -0.4 is 20.3 Å². The van der Waals surface area contributed by atoms with Crippen LogP contribution in [0.1, 0.15) is 36.0 Å². The lowest BCUT2D eigenvalue weighted by Crippen LogP contribution is -2.34. The maximum absolute atomic E-state index is 12.1. The predicted molar refractivity (Wildman–Crippen MR) is 83.7 cm³/mol.